The number of carboxylic acids is 1. The van der Waals surface area contributed by atoms with Crippen molar-refractivity contribution < 1.29 is 14.7 Å². The van der Waals surface area contributed by atoms with Gasteiger partial charge >= 0.3 is 5.97 Å². The summed E-state index contributed by atoms with van der Waals surface area (Å²) in [4.78, 5) is 22.6. The van der Waals surface area contributed by atoms with Gasteiger partial charge in [-0.15, -0.1) is 0 Å². The lowest BCUT2D eigenvalue weighted by atomic mass is 10.0. The largest absolute Gasteiger partial charge is 0.480 e. The maximum atomic E-state index is 11.6. The van der Waals surface area contributed by atoms with E-state index in [0.29, 0.717) is 12.8 Å². The van der Waals surface area contributed by atoms with Crippen molar-refractivity contribution in [2.75, 3.05) is 0 Å². The number of hydrogen-bond donors (Lipinski definition) is 2. The number of nitrogens with one attached hydrogen (secondary N) is 1. The Labute approximate surface area is 110 Å². The number of unbranched alkanes of at least 4 members (excludes halogenated alkanes) is 4. The van der Waals surface area contributed by atoms with Gasteiger partial charge in [0.2, 0.25) is 5.91 Å². The van der Waals surface area contributed by atoms with Crippen molar-refractivity contribution in [3.63, 3.8) is 0 Å². The summed E-state index contributed by atoms with van der Waals surface area (Å²) in [6.07, 6.45) is 6.35. The van der Waals surface area contributed by atoms with Crippen molar-refractivity contribution >= 4 is 11.9 Å². The average molecular weight is 257 g/mol. The summed E-state index contributed by atoms with van der Waals surface area (Å²) in [5.74, 6) is -0.821. The van der Waals surface area contributed by atoms with E-state index in [1.165, 1.54) is 12.8 Å². The normalized spacial score (nSPS) is 12.4. The Bertz CT molecular complexity index is 251. The maximum Gasteiger partial charge on any atom is 0.326 e. The van der Waals surface area contributed by atoms with Crippen LogP contribution in [0.2, 0.25) is 0 Å². The van der Waals surface area contributed by atoms with Crippen LogP contribution in [0.15, 0.2) is 0 Å². The average Bonchev–Trinajstić information content (AvgIpc) is 2.27. The second-order valence-corrected chi connectivity index (χ2v) is 5.25. The fraction of sp³-hybridized carbons (Fsp3) is 0.857. The van der Waals surface area contributed by atoms with Crippen LogP contribution in [0, 0.1) is 5.92 Å². The van der Waals surface area contributed by atoms with Crippen molar-refractivity contribution in [3.8, 4) is 0 Å². The second kappa shape index (κ2) is 9.92. The van der Waals surface area contributed by atoms with Gasteiger partial charge in [-0.3, -0.25) is 4.79 Å². The number of rotatable bonds is 10. The number of carbonyl (C=O) groups excluding carboxylic acids is 1. The number of aliphatic carboxylic acids is 1. The highest BCUT2D eigenvalue weighted by Crippen LogP contribution is 2.07. The van der Waals surface area contributed by atoms with Crippen LogP contribution < -0.4 is 5.32 Å². The van der Waals surface area contributed by atoms with Gasteiger partial charge in [-0.1, -0.05) is 46.5 Å². The van der Waals surface area contributed by atoms with Crippen LogP contribution in [0.4, 0.5) is 0 Å². The van der Waals surface area contributed by atoms with Crippen LogP contribution in [0.25, 0.3) is 0 Å². The number of carboxylic acid groups (broad SMARTS) is 1. The van der Waals surface area contributed by atoms with E-state index in [1.807, 2.05) is 13.8 Å². The first kappa shape index (κ1) is 16.9. The fourth-order valence-corrected chi connectivity index (χ4v) is 1.85. The van der Waals surface area contributed by atoms with Crippen molar-refractivity contribution in [2.45, 2.75) is 71.8 Å². The van der Waals surface area contributed by atoms with Crippen molar-refractivity contribution in [1.29, 1.82) is 0 Å². The zero-order chi connectivity index (χ0) is 14.0. The van der Waals surface area contributed by atoms with E-state index in [0.717, 1.165) is 19.3 Å². The summed E-state index contributed by atoms with van der Waals surface area (Å²) in [6.45, 7) is 6.05. The molecule has 18 heavy (non-hydrogen) atoms. The van der Waals surface area contributed by atoms with Gasteiger partial charge in [0.1, 0.15) is 6.04 Å². The van der Waals surface area contributed by atoms with Gasteiger partial charge < -0.3 is 10.4 Å². The van der Waals surface area contributed by atoms with Crippen LogP contribution in [0.5, 0.6) is 0 Å². The molecule has 0 unspecified atom stereocenters. The summed E-state index contributed by atoms with van der Waals surface area (Å²) in [6, 6.07) is -0.742. The zero-order valence-electron chi connectivity index (χ0n) is 11.9. The lowest BCUT2D eigenvalue weighted by molar-refractivity contribution is -0.142. The molecule has 0 radical (unpaired) electrons. The molecule has 0 rings (SSSR count). The smallest absolute Gasteiger partial charge is 0.326 e. The van der Waals surface area contributed by atoms with Crippen LogP contribution in [-0.4, -0.2) is 23.0 Å². The third-order valence-electron chi connectivity index (χ3n) is 2.85. The number of amides is 1. The number of carbonyl (C=O) groups is 2. The molecule has 0 aromatic rings. The second-order valence-electron chi connectivity index (χ2n) is 5.25. The Morgan fingerprint density at radius 2 is 1.72 bits per heavy atom. The lowest BCUT2D eigenvalue weighted by Crippen LogP contribution is -2.41. The molecule has 1 amide bonds. The van der Waals surface area contributed by atoms with E-state index in [-0.39, 0.29) is 11.8 Å². The lowest BCUT2D eigenvalue weighted by Gasteiger charge is -2.16. The molecular weight excluding hydrogens is 230 g/mol. The molecule has 0 heterocycles. The predicted molar refractivity (Wildman–Crippen MR) is 72.4 cm³/mol. The minimum absolute atomic E-state index is 0.139. The Morgan fingerprint density at radius 1 is 1.11 bits per heavy atom. The summed E-state index contributed by atoms with van der Waals surface area (Å²) in [5.41, 5.74) is 0. The Morgan fingerprint density at radius 3 is 2.22 bits per heavy atom. The molecule has 0 bridgehead atoms. The summed E-state index contributed by atoms with van der Waals surface area (Å²) in [5, 5.41) is 11.6. The Kier molecular flexibility index (Phi) is 9.33. The van der Waals surface area contributed by atoms with Crippen LogP contribution in [0.3, 0.4) is 0 Å². The van der Waals surface area contributed by atoms with E-state index >= 15 is 0 Å². The van der Waals surface area contributed by atoms with Gasteiger partial charge in [0.15, 0.2) is 0 Å². The molecule has 0 aliphatic rings. The third-order valence-corrected chi connectivity index (χ3v) is 2.85. The van der Waals surface area contributed by atoms with E-state index in [2.05, 4.69) is 12.2 Å². The highest BCUT2D eigenvalue weighted by atomic mass is 16.4. The van der Waals surface area contributed by atoms with Gasteiger partial charge in [-0.25, -0.2) is 4.79 Å². The molecule has 4 nitrogen and oxygen atoms in total. The first-order valence-corrected chi connectivity index (χ1v) is 6.99. The summed E-state index contributed by atoms with van der Waals surface area (Å²) < 4.78 is 0. The van der Waals surface area contributed by atoms with Gasteiger partial charge in [-0.05, 0) is 18.8 Å². The fourth-order valence-electron chi connectivity index (χ4n) is 1.85. The van der Waals surface area contributed by atoms with E-state index in [9.17, 15) is 9.59 Å². The molecule has 0 aliphatic heterocycles. The first-order chi connectivity index (χ1) is 8.47. The van der Waals surface area contributed by atoms with Crippen LogP contribution >= 0.6 is 0 Å². The van der Waals surface area contributed by atoms with E-state index in [1.54, 1.807) is 0 Å². The van der Waals surface area contributed by atoms with Crippen molar-refractivity contribution in [3.05, 3.63) is 0 Å². The molecule has 0 aromatic carbocycles. The standard InChI is InChI=1S/C14H27NO3/c1-4-5-6-7-8-9-13(16)15-12(14(17)18)10-11(2)3/h11-12H,4-10H2,1-3H3,(H,15,16)(H,17,18)/t12-/m0/s1. The minimum Gasteiger partial charge on any atom is -0.480 e. The molecule has 2 N–H and O–H groups in total. The molecule has 0 aromatic heterocycles. The van der Waals surface area contributed by atoms with Gasteiger partial charge in [-0.2, -0.15) is 0 Å². The highest BCUT2D eigenvalue weighted by molar-refractivity contribution is 5.83. The molecular formula is C14H27NO3. The molecule has 0 fully saturated rings. The predicted octanol–water partition coefficient (Wildman–Crippen LogP) is 2.96. The first-order valence-electron chi connectivity index (χ1n) is 6.99. The zero-order valence-corrected chi connectivity index (χ0v) is 11.9. The summed E-state index contributed by atoms with van der Waals surface area (Å²) in [7, 11) is 0. The Balaban J connectivity index is 3.85. The maximum absolute atomic E-state index is 11.6. The number of hydrogen-bond acceptors (Lipinski definition) is 2. The molecule has 0 spiro atoms. The highest BCUT2D eigenvalue weighted by Gasteiger charge is 2.20. The van der Waals surface area contributed by atoms with Gasteiger partial charge in [0.05, 0.1) is 0 Å². The summed E-state index contributed by atoms with van der Waals surface area (Å²) >= 11 is 0. The molecule has 0 saturated carbocycles. The van der Waals surface area contributed by atoms with Crippen molar-refractivity contribution in [2.24, 2.45) is 5.92 Å². The van der Waals surface area contributed by atoms with Gasteiger partial charge in [0, 0.05) is 6.42 Å². The van der Waals surface area contributed by atoms with Gasteiger partial charge in [0.25, 0.3) is 0 Å². The SMILES string of the molecule is CCCCCCCC(=O)N[C@@H](CC(C)C)C(=O)O. The molecule has 4 heteroatoms. The van der Waals surface area contributed by atoms with E-state index in [4.69, 9.17) is 5.11 Å². The van der Waals surface area contributed by atoms with E-state index < -0.39 is 12.0 Å². The quantitative estimate of drug-likeness (QED) is 0.591. The van der Waals surface area contributed by atoms with Crippen LogP contribution in [0.1, 0.15) is 65.7 Å². The van der Waals surface area contributed by atoms with Crippen molar-refractivity contribution in [1.82, 2.24) is 5.32 Å². The third kappa shape index (κ3) is 9.02. The topological polar surface area (TPSA) is 66.4 Å². The molecule has 0 saturated heterocycles. The molecule has 106 valence electrons. The molecule has 1 atom stereocenters. The van der Waals surface area contributed by atoms with Crippen LogP contribution in [-0.2, 0) is 9.59 Å². The molecule has 0 aliphatic carbocycles. The Hall–Kier alpha value is -1.06. The monoisotopic (exact) mass is 257 g/mol. The minimum atomic E-state index is -0.942.